The van der Waals surface area contributed by atoms with Crippen LogP contribution in [-0.2, 0) is 4.74 Å². The van der Waals surface area contributed by atoms with Gasteiger partial charge in [-0.25, -0.2) is 9.78 Å². The van der Waals surface area contributed by atoms with Crippen molar-refractivity contribution in [3.8, 4) is 17.3 Å². The monoisotopic (exact) mass is 457 g/mol. The van der Waals surface area contributed by atoms with Gasteiger partial charge < -0.3 is 10.1 Å². The Labute approximate surface area is 188 Å². The standard InChI is InChI=1S/C22H17Cl2N3O2S/c1-2-9-29-22(28)14-3-6-17(7-4-14)26-12-16(11-25)21-27-20(13-30-21)15-5-8-18(23)19(24)10-15/h3-8,10,12-13,26H,2,9H2,1H3/b16-12+. The van der Waals surface area contributed by atoms with Crippen LogP contribution in [0.15, 0.2) is 54.0 Å². The van der Waals surface area contributed by atoms with Crippen LogP contribution in [0.25, 0.3) is 16.8 Å². The lowest BCUT2D eigenvalue weighted by Gasteiger charge is -2.05. The lowest BCUT2D eigenvalue weighted by molar-refractivity contribution is 0.0505. The van der Waals surface area contributed by atoms with Gasteiger partial charge in [0.2, 0.25) is 0 Å². The maximum atomic E-state index is 11.9. The Morgan fingerprint density at radius 2 is 2.00 bits per heavy atom. The van der Waals surface area contributed by atoms with Gasteiger partial charge in [0.25, 0.3) is 0 Å². The number of esters is 1. The third kappa shape index (κ3) is 5.39. The van der Waals surface area contributed by atoms with Crippen LogP contribution in [0.2, 0.25) is 10.0 Å². The number of hydrogen-bond donors (Lipinski definition) is 1. The fourth-order valence-electron chi connectivity index (χ4n) is 2.46. The van der Waals surface area contributed by atoms with E-state index >= 15 is 0 Å². The van der Waals surface area contributed by atoms with Crippen molar-refractivity contribution in [1.29, 1.82) is 5.26 Å². The van der Waals surface area contributed by atoms with E-state index in [1.807, 2.05) is 18.4 Å². The largest absolute Gasteiger partial charge is 0.462 e. The lowest BCUT2D eigenvalue weighted by atomic mass is 10.2. The Morgan fingerprint density at radius 1 is 1.23 bits per heavy atom. The Morgan fingerprint density at radius 3 is 2.67 bits per heavy atom. The van der Waals surface area contributed by atoms with Crippen LogP contribution >= 0.6 is 34.5 Å². The van der Waals surface area contributed by atoms with Crippen LogP contribution in [0, 0.1) is 11.3 Å². The van der Waals surface area contributed by atoms with Gasteiger partial charge in [0.05, 0.1) is 27.9 Å². The molecule has 30 heavy (non-hydrogen) atoms. The summed E-state index contributed by atoms with van der Waals surface area (Å²) in [4.78, 5) is 16.4. The van der Waals surface area contributed by atoms with Gasteiger partial charge in [0.15, 0.2) is 0 Å². The number of halogens is 2. The molecule has 0 unspecified atom stereocenters. The van der Waals surface area contributed by atoms with Gasteiger partial charge in [-0.1, -0.05) is 36.2 Å². The Hall–Kier alpha value is -2.85. The number of carbonyl (C=O) groups excluding carboxylic acids is 1. The van der Waals surface area contributed by atoms with Crippen LogP contribution in [0.3, 0.4) is 0 Å². The molecular weight excluding hydrogens is 441 g/mol. The summed E-state index contributed by atoms with van der Waals surface area (Å²) in [6, 6.07) is 14.3. The highest BCUT2D eigenvalue weighted by Crippen LogP contribution is 2.30. The highest BCUT2D eigenvalue weighted by molar-refractivity contribution is 7.11. The predicted molar refractivity (Wildman–Crippen MR) is 122 cm³/mol. The molecule has 1 heterocycles. The molecule has 152 valence electrons. The number of benzene rings is 2. The summed E-state index contributed by atoms with van der Waals surface area (Å²) in [5.74, 6) is -0.353. The zero-order valence-corrected chi connectivity index (χ0v) is 18.3. The minimum atomic E-state index is -0.353. The molecule has 0 amide bonds. The van der Waals surface area contributed by atoms with Gasteiger partial charge in [-0.15, -0.1) is 11.3 Å². The summed E-state index contributed by atoms with van der Waals surface area (Å²) in [6.45, 7) is 2.33. The lowest BCUT2D eigenvalue weighted by Crippen LogP contribution is -2.05. The number of allylic oxidation sites excluding steroid dienone is 1. The molecule has 0 aliphatic carbocycles. The van der Waals surface area contributed by atoms with Gasteiger partial charge in [-0.3, -0.25) is 0 Å². The highest BCUT2D eigenvalue weighted by Gasteiger charge is 2.11. The smallest absolute Gasteiger partial charge is 0.338 e. The Bertz CT molecular complexity index is 1120. The van der Waals surface area contributed by atoms with E-state index in [1.165, 1.54) is 11.3 Å². The van der Waals surface area contributed by atoms with E-state index in [0.717, 1.165) is 17.7 Å². The average Bonchev–Trinajstić information content (AvgIpc) is 3.25. The number of thiazole rings is 1. The highest BCUT2D eigenvalue weighted by atomic mass is 35.5. The van der Waals surface area contributed by atoms with Crippen molar-refractivity contribution in [1.82, 2.24) is 4.98 Å². The number of aromatic nitrogens is 1. The molecule has 0 aliphatic heterocycles. The van der Waals surface area contributed by atoms with Crippen molar-refractivity contribution < 1.29 is 9.53 Å². The first kappa shape index (κ1) is 21.8. The van der Waals surface area contributed by atoms with Crippen LogP contribution < -0.4 is 5.32 Å². The van der Waals surface area contributed by atoms with Gasteiger partial charge in [0, 0.05) is 22.8 Å². The fraction of sp³-hybridized carbons (Fsp3) is 0.136. The summed E-state index contributed by atoms with van der Waals surface area (Å²) in [7, 11) is 0. The number of nitrogens with zero attached hydrogens (tertiary/aromatic N) is 2. The maximum Gasteiger partial charge on any atom is 0.338 e. The van der Waals surface area contributed by atoms with Gasteiger partial charge in [0.1, 0.15) is 16.6 Å². The third-order valence-corrected chi connectivity index (χ3v) is 5.63. The number of nitriles is 1. The SMILES string of the molecule is CCCOC(=O)c1ccc(N/C=C(\C#N)c2nc(-c3ccc(Cl)c(Cl)c3)cs2)cc1. The van der Waals surface area contributed by atoms with Crippen LogP contribution in [0.1, 0.15) is 28.7 Å². The second-order valence-corrected chi connectivity index (χ2v) is 7.87. The molecule has 1 N–H and O–H groups in total. The molecule has 0 bridgehead atoms. The minimum Gasteiger partial charge on any atom is -0.462 e. The van der Waals surface area contributed by atoms with E-state index in [9.17, 15) is 10.1 Å². The van der Waals surface area contributed by atoms with Crippen molar-refractivity contribution in [2.75, 3.05) is 11.9 Å². The van der Waals surface area contributed by atoms with Gasteiger partial charge >= 0.3 is 5.97 Å². The minimum absolute atomic E-state index is 0.353. The fourth-order valence-corrected chi connectivity index (χ4v) is 3.56. The number of rotatable bonds is 7. The zero-order chi connectivity index (χ0) is 21.5. The van der Waals surface area contributed by atoms with E-state index in [1.54, 1.807) is 42.6 Å². The summed E-state index contributed by atoms with van der Waals surface area (Å²) in [6.07, 6.45) is 2.36. The van der Waals surface area contributed by atoms with Crippen molar-refractivity contribution >= 4 is 51.8 Å². The third-order valence-electron chi connectivity index (χ3n) is 4.01. The van der Waals surface area contributed by atoms with Gasteiger partial charge in [-0.05, 0) is 42.8 Å². The molecule has 2 aromatic carbocycles. The van der Waals surface area contributed by atoms with E-state index in [-0.39, 0.29) is 5.97 Å². The van der Waals surface area contributed by atoms with Crippen LogP contribution in [0.4, 0.5) is 5.69 Å². The Balaban J connectivity index is 1.72. The average molecular weight is 458 g/mol. The van der Waals surface area contributed by atoms with E-state index < -0.39 is 0 Å². The van der Waals surface area contributed by atoms with Crippen molar-refractivity contribution in [2.45, 2.75) is 13.3 Å². The molecule has 1 aromatic heterocycles. The zero-order valence-electron chi connectivity index (χ0n) is 16.0. The Kier molecular flexibility index (Phi) is 7.47. The quantitative estimate of drug-likeness (QED) is 0.317. The molecule has 3 rings (SSSR count). The first-order valence-electron chi connectivity index (χ1n) is 9.07. The molecule has 0 spiro atoms. The topological polar surface area (TPSA) is 75.0 Å². The first-order valence-corrected chi connectivity index (χ1v) is 10.7. The molecular formula is C22H17Cl2N3O2S. The number of anilines is 1. The molecule has 0 aliphatic rings. The van der Waals surface area contributed by atoms with E-state index in [0.29, 0.717) is 38.5 Å². The number of hydrogen-bond acceptors (Lipinski definition) is 6. The number of ether oxygens (including phenoxy) is 1. The molecule has 0 saturated heterocycles. The van der Waals surface area contributed by atoms with Gasteiger partial charge in [-0.2, -0.15) is 5.26 Å². The predicted octanol–water partition coefficient (Wildman–Crippen LogP) is 6.66. The molecule has 3 aromatic rings. The second-order valence-electron chi connectivity index (χ2n) is 6.19. The summed E-state index contributed by atoms with van der Waals surface area (Å²) < 4.78 is 5.11. The molecule has 0 fully saturated rings. The van der Waals surface area contributed by atoms with Crippen molar-refractivity contribution in [2.24, 2.45) is 0 Å². The van der Waals surface area contributed by atoms with E-state index in [4.69, 9.17) is 27.9 Å². The molecule has 0 saturated carbocycles. The molecule has 0 atom stereocenters. The van der Waals surface area contributed by atoms with Crippen LogP contribution in [0.5, 0.6) is 0 Å². The number of nitrogens with one attached hydrogen (secondary N) is 1. The summed E-state index contributed by atoms with van der Waals surface area (Å²) >= 11 is 13.4. The molecule has 8 heteroatoms. The van der Waals surface area contributed by atoms with E-state index in [2.05, 4.69) is 16.4 Å². The summed E-state index contributed by atoms with van der Waals surface area (Å²) in [5, 5.41) is 15.9. The van der Waals surface area contributed by atoms with Crippen LogP contribution in [-0.4, -0.2) is 17.6 Å². The first-order chi connectivity index (χ1) is 14.5. The van der Waals surface area contributed by atoms with Crippen molar-refractivity contribution in [3.63, 3.8) is 0 Å². The molecule has 5 nitrogen and oxygen atoms in total. The number of carbonyl (C=O) groups is 1. The second kappa shape index (κ2) is 10.3. The normalized spacial score (nSPS) is 11.1. The van der Waals surface area contributed by atoms with Crippen molar-refractivity contribution in [3.05, 3.63) is 74.7 Å². The maximum absolute atomic E-state index is 11.9. The molecule has 0 radical (unpaired) electrons. The summed E-state index contributed by atoms with van der Waals surface area (Å²) in [5.41, 5.74) is 3.13.